The van der Waals surface area contributed by atoms with Crippen LogP contribution in [0.4, 0.5) is 4.79 Å². The van der Waals surface area contributed by atoms with Crippen LogP contribution in [0.5, 0.6) is 11.5 Å². The molecular formula is C15H20N2O4S. The SMILES string of the molecule is CCCNC(=O)NC(=O)CSc1ccc2c(c1)OCCCO2. The number of thioether (sulfide) groups is 1. The van der Waals surface area contributed by atoms with Gasteiger partial charge in [-0.1, -0.05) is 6.92 Å². The molecule has 1 heterocycles. The maximum atomic E-state index is 11.7. The highest BCUT2D eigenvalue weighted by Gasteiger charge is 2.12. The Bertz CT molecular complexity index is 536. The first-order valence-corrected chi connectivity index (χ1v) is 8.27. The molecule has 3 amide bonds. The molecule has 7 heteroatoms. The second-order valence-electron chi connectivity index (χ2n) is 4.75. The smallest absolute Gasteiger partial charge is 0.321 e. The number of ether oxygens (including phenoxy) is 2. The normalized spacial score (nSPS) is 13.1. The van der Waals surface area contributed by atoms with Crippen LogP contribution in [0.25, 0.3) is 0 Å². The van der Waals surface area contributed by atoms with Crippen molar-refractivity contribution in [2.75, 3.05) is 25.5 Å². The predicted octanol–water partition coefficient (Wildman–Crippen LogP) is 2.18. The summed E-state index contributed by atoms with van der Waals surface area (Å²) in [4.78, 5) is 23.9. The lowest BCUT2D eigenvalue weighted by molar-refractivity contribution is -0.117. The fourth-order valence-corrected chi connectivity index (χ4v) is 2.55. The van der Waals surface area contributed by atoms with Gasteiger partial charge in [-0.05, 0) is 24.6 Å². The second kappa shape index (κ2) is 8.53. The molecule has 1 aromatic carbocycles. The molecule has 2 N–H and O–H groups in total. The van der Waals surface area contributed by atoms with Crippen molar-refractivity contribution in [3.63, 3.8) is 0 Å². The van der Waals surface area contributed by atoms with E-state index in [0.717, 1.165) is 23.5 Å². The van der Waals surface area contributed by atoms with Crippen molar-refractivity contribution in [2.24, 2.45) is 0 Å². The van der Waals surface area contributed by atoms with E-state index in [1.807, 2.05) is 25.1 Å². The van der Waals surface area contributed by atoms with Crippen molar-refractivity contribution >= 4 is 23.7 Å². The number of carbonyl (C=O) groups excluding carboxylic acids is 2. The first-order chi connectivity index (χ1) is 10.7. The van der Waals surface area contributed by atoms with Gasteiger partial charge in [0.2, 0.25) is 5.91 Å². The Morgan fingerprint density at radius 2 is 2.00 bits per heavy atom. The van der Waals surface area contributed by atoms with Crippen LogP contribution >= 0.6 is 11.8 Å². The summed E-state index contributed by atoms with van der Waals surface area (Å²) in [7, 11) is 0. The lowest BCUT2D eigenvalue weighted by atomic mass is 10.3. The number of rotatable bonds is 5. The van der Waals surface area contributed by atoms with E-state index in [1.54, 1.807) is 0 Å². The fourth-order valence-electron chi connectivity index (χ4n) is 1.83. The summed E-state index contributed by atoms with van der Waals surface area (Å²) in [5.41, 5.74) is 0. The van der Waals surface area contributed by atoms with E-state index in [0.29, 0.717) is 25.5 Å². The molecule has 1 aliphatic rings. The minimum absolute atomic E-state index is 0.166. The van der Waals surface area contributed by atoms with Crippen LogP contribution in [0.3, 0.4) is 0 Å². The molecule has 2 rings (SSSR count). The highest BCUT2D eigenvalue weighted by atomic mass is 32.2. The summed E-state index contributed by atoms with van der Waals surface area (Å²) >= 11 is 1.35. The molecule has 0 aliphatic carbocycles. The molecule has 0 aromatic heterocycles. The lowest BCUT2D eigenvalue weighted by Gasteiger charge is -2.09. The number of benzene rings is 1. The Balaban J connectivity index is 1.82. The van der Waals surface area contributed by atoms with Gasteiger partial charge in [-0.25, -0.2) is 4.79 Å². The van der Waals surface area contributed by atoms with Crippen LogP contribution in [0.15, 0.2) is 23.1 Å². The zero-order chi connectivity index (χ0) is 15.8. The van der Waals surface area contributed by atoms with E-state index in [9.17, 15) is 9.59 Å². The molecule has 0 atom stereocenters. The molecule has 22 heavy (non-hydrogen) atoms. The second-order valence-corrected chi connectivity index (χ2v) is 5.80. The van der Waals surface area contributed by atoms with Crippen LogP contribution in [0, 0.1) is 0 Å². The maximum Gasteiger partial charge on any atom is 0.321 e. The van der Waals surface area contributed by atoms with Crippen LogP contribution in [-0.2, 0) is 4.79 Å². The zero-order valence-electron chi connectivity index (χ0n) is 12.5. The number of urea groups is 1. The molecule has 1 aliphatic heterocycles. The Kier molecular flexibility index (Phi) is 6.39. The van der Waals surface area contributed by atoms with Crippen LogP contribution in [0.2, 0.25) is 0 Å². The Hall–Kier alpha value is -1.89. The Labute approximate surface area is 133 Å². The highest BCUT2D eigenvalue weighted by Crippen LogP contribution is 2.33. The third-order valence-electron chi connectivity index (χ3n) is 2.88. The Morgan fingerprint density at radius 1 is 1.23 bits per heavy atom. The van der Waals surface area contributed by atoms with Gasteiger partial charge in [0, 0.05) is 17.9 Å². The number of amides is 3. The van der Waals surface area contributed by atoms with Crippen molar-refractivity contribution in [3.05, 3.63) is 18.2 Å². The van der Waals surface area contributed by atoms with Gasteiger partial charge in [-0.3, -0.25) is 10.1 Å². The number of fused-ring (bicyclic) bond motifs is 1. The monoisotopic (exact) mass is 324 g/mol. The first-order valence-electron chi connectivity index (χ1n) is 7.29. The number of carbonyl (C=O) groups is 2. The molecule has 0 spiro atoms. The summed E-state index contributed by atoms with van der Waals surface area (Å²) in [5, 5.41) is 4.88. The number of imide groups is 1. The van der Waals surface area contributed by atoms with Crippen LogP contribution in [0.1, 0.15) is 19.8 Å². The third kappa shape index (κ3) is 5.14. The average molecular weight is 324 g/mol. The third-order valence-corrected chi connectivity index (χ3v) is 3.87. The van der Waals surface area contributed by atoms with Gasteiger partial charge in [0.15, 0.2) is 11.5 Å². The summed E-state index contributed by atoms with van der Waals surface area (Å²) in [6.45, 7) is 3.77. The van der Waals surface area contributed by atoms with E-state index in [2.05, 4.69) is 10.6 Å². The lowest BCUT2D eigenvalue weighted by Crippen LogP contribution is -2.40. The molecule has 0 fully saturated rings. The number of nitrogens with one attached hydrogen (secondary N) is 2. The van der Waals surface area contributed by atoms with Gasteiger partial charge >= 0.3 is 6.03 Å². The van der Waals surface area contributed by atoms with Crippen LogP contribution in [-0.4, -0.2) is 37.4 Å². The zero-order valence-corrected chi connectivity index (χ0v) is 13.3. The van der Waals surface area contributed by atoms with Crippen molar-refractivity contribution in [3.8, 4) is 11.5 Å². The highest BCUT2D eigenvalue weighted by molar-refractivity contribution is 8.00. The molecular weight excluding hydrogens is 304 g/mol. The largest absolute Gasteiger partial charge is 0.490 e. The molecule has 0 bridgehead atoms. The molecule has 0 saturated carbocycles. The van der Waals surface area contributed by atoms with Gasteiger partial charge in [-0.15, -0.1) is 11.8 Å². The molecule has 1 aromatic rings. The van der Waals surface area contributed by atoms with Gasteiger partial charge < -0.3 is 14.8 Å². The minimum Gasteiger partial charge on any atom is -0.490 e. The van der Waals surface area contributed by atoms with Gasteiger partial charge in [0.05, 0.1) is 19.0 Å². The average Bonchev–Trinajstić information content (AvgIpc) is 2.75. The van der Waals surface area contributed by atoms with Gasteiger partial charge in [0.25, 0.3) is 0 Å². The number of hydrogen-bond acceptors (Lipinski definition) is 5. The van der Waals surface area contributed by atoms with E-state index in [-0.39, 0.29) is 11.7 Å². The first kappa shape index (κ1) is 16.5. The summed E-state index contributed by atoms with van der Waals surface area (Å²) in [5.74, 6) is 1.26. The predicted molar refractivity (Wildman–Crippen MR) is 84.6 cm³/mol. The van der Waals surface area contributed by atoms with Gasteiger partial charge in [-0.2, -0.15) is 0 Å². The molecule has 0 unspecified atom stereocenters. The fraction of sp³-hybridized carbons (Fsp3) is 0.467. The molecule has 120 valence electrons. The number of hydrogen-bond donors (Lipinski definition) is 2. The van der Waals surface area contributed by atoms with E-state index >= 15 is 0 Å². The molecule has 0 saturated heterocycles. The van der Waals surface area contributed by atoms with Crippen LogP contribution < -0.4 is 20.1 Å². The molecule has 6 nitrogen and oxygen atoms in total. The summed E-state index contributed by atoms with van der Waals surface area (Å²) < 4.78 is 11.2. The quantitative estimate of drug-likeness (QED) is 0.812. The summed E-state index contributed by atoms with van der Waals surface area (Å²) in [6, 6.07) is 5.12. The van der Waals surface area contributed by atoms with E-state index in [1.165, 1.54) is 11.8 Å². The van der Waals surface area contributed by atoms with Crippen molar-refractivity contribution in [1.82, 2.24) is 10.6 Å². The topological polar surface area (TPSA) is 76.7 Å². The minimum atomic E-state index is -0.453. The van der Waals surface area contributed by atoms with Crippen molar-refractivity contribution < 1.29 is 19.1 Å². The molecule has 0 radical (unpaired) electrons. The maximum absolute atomic E-state index is 11.7. The Morgan fingerprint density at radius 3 is 2.77 bits per heavy atom. The van der Waals surface area contributed by atoms with E-state index < -0.39 is 6.03 Å². The van der Waals surface area contributed by atoms with E-state index in [4.69, 9.17) is 9.47 Å². The standard InChI is InChI=1S/C15H20N2O4S/c1-2-6-16-15(19)17-14(18)10-22-11-4-5-12-13(9-11)21-8-3-7-20-12/h4-5,9H,2-3,6-8,10H2,1H3,(H2,16,17,18,19). The summed E-state index contributed by atoms with van der Waals surface area (Å²) in [6.07, 6.45) is 1.68. The van der Waals surface area contributed by atoms with Gasteiger partial charge in [0.1, 0.15) is 0 Å². The van der Waals surface area contributed by atoms with Crippen molar-refractivity contribution in [1.29, 1.82) is 0 Å². The van der Waals surface area contributed by atoms with Crippen molar-refractivity contribution in [2.45, 2.75) is 24.7 Å².